The van der Waals surface area contributed by atoms with Gasteiger partial charge in [0.25, 0.3) is 0 Å². The van der Waals surface area contributed by atoms with Gasteiger partial charge >= 0.3 is 0 Å². The molecule has 2 nitrogen and oxygen atoms in total. The maximum Gasteiger partial charge on any atom is 0.133 e. The van der Waals surface area contributed by atoms with Crippen molar-refractivity contribution in [2.24, 2.45) is 11.7 Å². The molecule has 0 spiro atoms. The Labute approximate surface area is 131 Å². The second-order valence-corrected chi connectivity index (χ2v) is 6.80. The van der Waals surface area contributed by atoms with Crippen molar-refractivity contribution in [1.29, 1.82) is 0 Å². The Morgan fingerprint density at radius 2 is 1.85 bits per heavy atom. The Hall–Kier alpha value is -0.540. The van der Waals surface area contributed by atoms with Crippen molar-refractivity contribution in [2.45, 2.75) is 57.4 Å². The lowest BCUT2D eigenvalue weighted by molar-refractivity contribution is 0.322. The highest BCUT2D eigenvalue weighted by molar-refractivity contribution is 9.10. The topological polar surface area (TPSA) is 35.2 Å². The number of hydrogen-bond donors (Lipinski definition) is 1. The third kappa shape index (κ3) is 4.49. The van der Waals surface area contributed by atoms with Crippen molar-refractivity contribution in [3.63, 3.8) is 0 Å². The van der Waals surface area contributed by atoms with Crippen LogP contribution in [0.1, 0.15) is 50.5 Å². The van der Waals surface area contributed by atoms with Gasteiger partial charge in [0, 0.05) is 6.04 Å². The Morgan fingerprint density at radius 1 is 1.20 bits per heavy atom. The molecule has 1 aromatic rings. The minimum absolute atomic E-state index is 0.286. The van der Waals surface area contributed by atoms with Crippen LogP contribution in [0.25, 0.3) is 0 Å². The van der Waals surface area contributed by atoms with Gasteiger partial charge in [-0.05, 0) is 58.8 Å². The number of hydrogen-bond acceptors (Lipinski definition) is 2. The molecule has 1 aliphatic rings. The van der Waals surface area contributed by atoms with Crippen LogP contribution < -0.4 is 10.5 Å². The Bertz CT molecular complexity index is 413. The monoisotopic (exact) mass is 339 g/mol. The zero-order valence-electron chi connectivity index (χ0n) is 12.4. The molecule has 3 heteroatoms. The van der Waals surface area contributed by atoms with Crippen molar-refractivity contribution >= 4 is 15.9 Å². The molecule has 2 rings (SSSR count). The molecule has 0 aliphatic heterocycles. The molecule has 1 aromatic carbocycles. The van der Waals surface area contributed by atoms with Gasteiger partial charge < -0.3 is 10.5 Å². The first-order valence-electron chi connectivity index (χ1n) is 7.78. The van der Waals surface area contributed by atoms with Gasteiger partial charge in [0.05, 0.1) is 11.6 Å². The quantitative estimate of drug-likeness (QED) is 0.863. The fourth-order valence-electron chi connectivity index (χ4n) is 3.19. The molecule has 1 aliphatic carbocycles. The van der Waals surface area contributed by atoms with E-state index in [4.69, 9.17) is 10.5 Å². The highest BCUT2D eigenvalue weighted by atomic mass is 79.9. The van der Waals surface area contributed by atoms with Crippen LogP contribution in [0.4, 0.5) is 0 Å². The summed E-state index contributed by atoms with van der Waals surface area (Å²) in [5.74, 6) is 1.57. The fraction of sp³-hybridized carbons (Fsp3) is 0.647. The summed E-state index contributed by atoms with van der Waals surface area (Å²) >= 11 is 3.55. The summed E-state index contributed by atoms with van der Waals surface area (Å²) in [5.41, 5.74) is 7.77. The highest BCUT2D eigenvalue weighted by Crippen LogP contribution is 2.28. The van der Waals surface area contributed by atoms with Crippen molar-refractivity contribution in [1.82, 2.24) is 0 Å². The molecule has 1 atom stereocenters. The van der Waals surface area contributed by atoms with E-state index in [1.807, 2.05) is 6.07 Å². The maximum atomic E-state index is 6.47. The van der Waals surface area contributed by atoms with Crippen LogP contribution in [-0.4, -0.2) is 13.2 Å². The summed E-state index contributed by atoms with van der Waals surface area (Å²) in [5, 5.41) is 0. The molecule has 0 aromatic heterocycles. The molecule has 2 N–H and O–H groups in total. The minimum Gasteiger partial charge on any atom is -0.496 e. The van der Waals surface area contributed by atoms with E-state index in [0.29, 0.717) is 5.92 Å². The van der Waals surface area contributed by atoms with Gasteiger partial charge in [-0.15, -0.1) is 0 Å². The summed E-state index contributed by atoms with van der Waals surface area (Å²) in [6.07, 6.45) is 10.5. The summed E-state index contributed by atoms with van der Waals surface area (Å²) in [7, 11) is 1.69. The number of nitrogens with two attached hydrogens (primary N) is 1. The summed E-state index contributed by atoms with van der Waals surface area (Å²) < 4.78 is 6.29. The molecule has 0 heterocycles. The van der Waals surface area contributed by atoms with E-state index in [1.165, 1.54) is 50.5 Å². The number of rotatable bonds is 4. The predicted octanol–water partition coefficient (Wildman–Crippen LogP) is 4.69. The van der Waals surface area contributed by atoms with Gasteiger partial charge in [0.2, 0.25) is 0 Å². The smallest absolute Gasteiger partial charge is 0.133 e. The van der Waals surface area contributed by atoms with Crippen LogP contribution in [0.2, 0.25) is 0 Å². The standard InChI is InChI=1S/C17H26BrNO/c1-20-17-10-9-13(11-15(17)18)12-16(19)14-7-5-3-2-4-6-8-14/h9-11,14,16H,2-8,12,19H2,1H3. The molecule has 20 heavy (non-hydrogen) atoms. The Balaban J connectivity index is 1.95. The van der Waals surface area contributed by atoms with Gasteiger partial charge in [0.15, 0.2) is 0 Å². The van der Waals surface area contributed by atoms with E-state index in [9.17, 15) is 0 Å². The lowest BCUT2D eigenvalue weighted by Crippen LogP contribution is -2.32. The zero-order chi connectivity index (χ0) is 14.4. The predicted molar refractivity (Wildman–Crippen MR) is 88.2 cm³/mol. The van der Waals surface area contributed by atoms with E-state index in [0.717, 1.165) is 16.6 Å². The third-order valence-electron chi connectivity index (χ3n) is 4.44. The average molecular weight is 340 g/mol. The minimum atomic E-state index is 0.286. The van der Waals surface area contributed by atoms with E-state index in [1.54, 1.807) is 7.11 Å². The van der Waals surface area contributed by atoms with Crippen molar-refractivity contribution in [3.8, 4) is 5.75 Å². The molecule has 0 saturated heterocycles. The molecule has 1 unspecified atom stereocenters. The number of ether oxygens (including phenoxy) is 1. The van der Waals surface area contributed by atoms with E-state index >= 15 is 0 Å². The molecular weight excluding hydrogens is 314 g/mol. The van der Waals surface area contributed by atoms with E-state index in [-0.39, 0.29) is 6.04 Å². The van der Waals surface area contributed by atoms with Crippen LogP contribution in [0.5, 0.6) is 5.75 Å². The first-order chi connectivity index (χ1) is 9.70. The van der Waals surface area contributed by atoms with Gasteiger partial charge in [-0.25, -0.2) is 0 Å². The van der Waals surface area contributed by atoms with E-state index in [2.05, 4.69) is 28.1 Å². The number of benzene rings is 1. The molecule has 1 fully saturated rings. The van der Waals surface area contributed by atoms with Gasteiger partial charge in [-0.2, -0.15) is 0 Å². The fourth-order valence-corrected chi connectivity index (χ4v) is 3.78. The van der Waals surface area contributed by atoms with Crippen LogP contribution >= 0.6 is 15.9 Å². The lowest BCUT2D eigenvalue weighted by atomic mass is 9.84. The summed E-state index contributed by atoms with van der Waals surface area (Å²) in [6.45, 7) is 0. The number of halogens is 1. The van der Waals surface area contributed by atoms with Crippen molar-refractivity contribution < 1.29 is 4.74 Å². The van der Waals surface area contributed by atoms with Crippen LogP contribution in [0.3, 0.4) is 0 Å². The van der Waals surface area contributed by atoms with Crippen LogP contribution in [0, 0.1) is 5.92 Å². The SMILES string of the molecule is COc1ccc(CC(N)C2CCCCCCC2)cc1Br. The van der Waals surface area contributed by atoms with Gasteiger partial charge in [0.1, 0.15) is 5.75 Å². The molecule has 112 valence electrons. The van der Waals surface area contributed by atoms with Gasteiger partial charge in [-0.3, -0.25) is 0 Å². The normalized spacial score (nSPS) is 19.1. The lowest BCUT2D eigenvalue weighted by Gasteiger charge is -2.26. The maximum absolute atomic E-state index is 6.47. The Kier molecular flexibility index (Phi) is 6.37. The molecule has 0 bridgehead atoms. The van der Waals surface area contributed by atoms with Crippen LogP contribution in [-0.2, 0) is 6.42 Å². The summed E-state index contributed by atoms with van der Waals surface area (Å²) in [6, 6.07) is 6.58. The molecule has 0 radical (unpaired) electrons. The third-order valence-corrected chi connectivity index (χ3v) is 5.06. The second-order valence-electron chi connectivity index (χ2n) is 5.94. The molecule has 0 amide bonds. The Morgan fingerprint density at radius 3 is 2.45 bits per heavy atom. The zero-order valence-corrected chi connectivity index (χ0v) is 14.0. The van der Waals surface area contributed by atoms with Gasteiger partial charge in [-0.1, -0.05) is 38.2 Å². The first kappa shape index (κ1) is 15.8. The summed E-state index contributed by atoms with van der Waals surface area (Å²) in [4.78, 5) is 0. The van der Waals surface area contributed by atoms with Crippen molar-refractivity contribution in [2.75, 3.05) is 7.11 Å². The van der Waals surface area contributed by atoms with Crippen molar-refractivity contribution in [3.05, 3.63) is 28.2 Å². The first-order valence-corrected chi connectivity index (χ1v) is 8.58. The van der Waals surface area contributed by atoms with E-state index < -0.39 is 0 Å². The number of methoxy groups -OCH3 is 1. The second kappa shape index (κ2) is 8.04. The molecule has 1 saturated carbocycles. The largest absolute Gasteiger partial charge is 0.496 e. The molecular formula is C17H26BrNO. The average Bonchev–Trinajstić information content (AvgIpc) is 2.38. The highest BCUT2D eigenvalue weighted by Gasteiger charge is 2.19. The van der Waals surface area contributed by atoms with Crippen LogP contribution in [0.15, 0.2) is 22.7 Å².